The highest BCUT2D eigenvalue weighted by atomic mass is 15.2. The van der Waals surface area contributed by atoms with Gasteiger partial charge < -0.3 is 4.90 Å². The highest BCUT2D eigenvalue weighted by Gasteiger charge is 2.19. The Morgan fingerprint density at radius 2 is 2.08 bits per heavy atom. The maximum atomic E-state index is 2.55. The van der Waals surface area contributed by atoms with Crippen LogP contribution in [0.1, 0.15) is 26.2 Å². The zero-order chi connectivity index (χ0) is 8.39. The number of allylic oxidation sites excluding steroid dienone is 4. The maximum absolute atomic E-state index is 2.55. The summed E-state index contributed by atoms with van der Waals surface area (Å²) in [7, 11) is 0. The first-order valence-electron chi connectivity index (χ1n) is 4.99. The van der Waals surface area contributed by atoms with Crippen molar-refractivity contribution < 1.29 is 0 Å². The third-order valence-corrected chi connectivity index (χ3v) is 2.87. The van der Waals surface area contributed by atoms with Crippen LogP contribution in [0.3, 0.4) is 0 Å². The largest absolute Gasteiger partial charge is 0.375 e. The molecule has 12 heavy (non-hydrogen) atoms. The molecule has 2 rings (SSSR count). The van der Waals surface area contributed by atoms with Crippen molar-refractivity contribution in [3.05, 3.63) is 23.9 Å². The minimum absolute atomic E-state index is 0.744. The van der Waals surface area contributed by atoms with Gasteiger partial charge in [0, 0.05) is 18.8 Å². The summed E-state index contributed by atoms with van der Waals surface area (Å²) in [5, 5.41) is 0. The molecule has 0 bridgehead atoms. The second kappa shape index (κ2) is 3.34. The monoisotopic (exact) mass is 163 g/mol. The number of hydrogen-bond donors (Lipinski definition) is 0. The van der Waals surface area contributed by atoms with Crippen molar-refractivity contribution in [2.45, 2.75) is 26.2 Å². The van der Waals surface area contributed by atoms with E-state index in [4.69, 9.17) is 0 Å². The van der Waals surface area contributed by atoms with E-state index in [9.17, 15) is 0 Å². The summed E-state index contributed by atoms with van der Waals surface area (Å²) in [6, 6.07) is 0. The molecule has 1 nitrogen and oxygen atoms in total. The Bertz CT molecular complexity index is 209. The average Bonchev–Trinajstić information content (AvgIpc) is 2.57. The maximum Gasteiger partial charge on any atom is 0.0175 e. The van der Waals surface area contributed by atoms with E-state index >= 15 is 0 Å². The molecular formula is C11H17N. The number of likely N-dealkylation sites (tertiary alicyclic amines) is 1. The third kappa shape index (κ3) is 1.40. The molecule has 1 heterocycles. The minimum Gasteiger partial charge on any atom is -0.375 e. The third-order valence-electron chi connectivity index (χ3n) is 2.87. The summed E-state index contributed by atoms with van der Waals surface area (Å²) in [4.78, 5) is 2.55. The Kier molecular flexibility index (Phi) is 2.20. The second-order valence-corrected chi connectivity index (χ2v) is 3.85. The Hall–Kier alpha value is -0.720. The molecule has 1 fully saturated rings. The van der Waals surface area contributed by atoms with Crippen LogP contribution in [0, 0.1) is 5.92 Å². The highest BCUT2D eigenvalue weighted by Crippen LogP contribution is 2.26. The molecule has 0 N–H and O–H groups in total. The average molecular weight is 163 g/mol. The topological polar surface area (TPSA) is 3.24 Å². The smallest absolute Gasteiger partial charge is 0.0175 e. The lowest BCUT2D eigenvalue weighted by molar-refractivity contribution is 0.369. The van der Waals surface area contributed by atoms with Crippen molar-refractivity contribution in [1.82, 2.24) is 4.90 Å². The fourth-order valence-electron chi connectivity index (χ4n) is 2.13. The lowest BCUT2D eigenvalue weighted by Gasteiger charge is -2.27. The van der Waals surface area contributed by atoms with Gasteiger partial charge in [-0.05, 0) is 31.3 Å². The van der Waals surface area contributed by atoms with Crippen LogP contribution in [-0.2, 0) is 0 Å². The number of rotatable bonds is 1. The molecule has 66 valence electrons. The van der Waals surface area contributed by atoms with E-state index in [0.717, 1.165) is 5.92 Å². The van der Waals surface area contributed by atoms with Crippen LogP contribution in [0.2, 0.25) is 0 Å². The van der Waals surface area contributed by atoms with Crippen molar-refractivity contribution in [3.63, 3.8) is 0 Å². The second-order valence-electron chi connectivity index (χ2n) is 3.85. The fraction of sp³-hybridized carbons (Fsp3) is 0.636. The van der Waals surface area contributed by atoms with E-state index in [1.807, 2.05) is 0 Å². The van der Waals surface area contributed by atoms with Gasteiger partial charge in [0.1, 0.15) is 0 Å². The van der Waals surface area contributed by atoms with Gasteiger partial charge in [0.15, 0.2) is 0 Å². The van der Waals surface area contributed by atoms with Crippen molar-refractivity contribution in [2.75, 3.05) is 13.1 Å². The molecule has 1 saturated heterocycles. The van der Waals surface area contributed by atoms with Gasteiger partial charge in [0.05, 0.1) is 0 Å². The van der Waals surface area contributed by atoms with Crippen molar-refractivity contribution in [3.8, 4) is 0 Å². The van der Waals surface area contributed by atoms with Gasteiger partial charge in [-0.2, -0.15) is 0 Å². The van der Waals surface area contributed by atoms with Gasteiger partial charge in [-0.25, -0.2) is 0 Å². The number of nitrogens with zero attached hydrogens (tertiary/aromatic N) is 1. The molecule has 0 spiro atoms. The van der Waals surface area contributed by atoms with Crippen LogP contribution in [0.4, 0.5) is 0 Å². The van der Waals surface area contributed by atoms with Crippen LogP contribution in [0.5, 0.6) is 0 Å². The summed E-state index contributed by atoms with van der Waals surface area (Å²) >= 11 is 0. The SMILES string of the molecule is CC1CC=CC=C1N1CCCC1. The van der Waals surface area contributed by atoms with Gasteiger partial charge in [-0.3, -0.25) is 0 Å². The van der Waals surface area contributed by atoms with E-state index in [1.165, 1.54) is 32.4 Å². The van der Waals surface area contributed by atoms with Crippen molar-refractivity contribution >= 4 is 0 Å². The lowest BCUT2D eigenvalue weighted by Crippen LogP contribution is -2.23. The summed E-state index contributed by atoms with van der Waals surface area (Å²) in [6.45, 7) is 4.89. The zero-order valence-corrected chi connectivity index (χ0v) is 7.79. The minimum atomic E-state index is 0.744. The molecule has 0 aromatic carbocycles. The molecule has 1 atom stereocenters. The Labute approximate surface area is 74.8 Å². The predicted octanol–water partition coefficient (Wildman–Crippen LogP) is 2.56. The van der Waals surface area contributed by atoms with E-state index < -0.39 is 0 Å². The van der Waals surface area contributed by atoms with Gasteiger partial charge in [-0.1, -0.05) is 19.1 Å². The molecule has 2 aliphatic rings. The van der Waals surface area contributed by atoms with Gasteiger partial charge in [-0.15, -0.1) is 0 Å². The van der Waals surface area contributed by atoms with Gasteiger partial charge in [0.2, 0.25) is 0 Å². The number of hydrogen-bond acceptors (Lipinski definition) is 1. The Morgan fingerprint density at radius 3 is 2.75 bits per heavy atom. The van der Waals surface area contributed by atoms with Gasteiger partial charge >= 0.3 is 0 Å². The summed E-state index contributed by atoms with van der Waals surface area (Å²) in [6.07, 6.45) is 10.8. The first-order chi connectivity index (χ1) is 5.88. The predicted molar refractivity (Wildman–Crippen MR) is 51.8 cm³/mol. The lowest BCUT2D eigenvalue weighted by atomic mass is 9.98. The molecule has 1 heteroatoms. The Balaban J connectivity index is 2.09. The molecule has 1 unspecified atom stereocenters. The molecule has 1 aliphatic heterocycles. The fourth-order valence-corrected chi connectivity index (χ4v) is 2.13. The molecule has 0 radical (unpaired) electrons. The normalized spacial score (nSPS) is 29.2. The molecule has 0 amide bonds. The van der Waals surface area contributed by atoms with Crippen LogP contribution < -0.4 is 0 Å². The Morgan fingerprint density at radius 1 is 1.33 bits per heavy atom. The standard InChI is InChI=1S/C11H17N/c1-10-6-2-3-7-11(10)12-8-4-5-9-12/h2-3,7,10H,4-6,8-9H2,1H3. The molecule has 0 saturated carbocycles. The highest BCUT2D eigenvalue weighted by molar-refractivity contribution is 5.20. The van der Waals surface area contributed by atoms with Crippen LogP contribution in [0.15, 0.2) is 23.9 Å². The van der Waals surface area contributed by atoms with E-state index in [2.05, 4.69) is 30.1 Å². The van der Waals surface area contributed by atoms with E-state index in [0.29, 0.717) is 0 Å². The molecule has 0 aromatic heterocycles. The van der Waals surface area contributed by atoms with Crippen LogP contribution in [-0.4, -0.2) is 18.0 Å². The van der Waals surface area contributed by atoms with Crippen LogP contribution in [0.25, 0.3) is 0 Å². The molecule has 0 aromatic rings. The van der Waals surface area contributed by atoms with Crippen molar-refractivity contribution in [2.24, 2.45) is 5.92 Å². The van der Waals surface area contributed by atoms with Crippen LogP contribution >= 0.6 is 0 Å². The van der Waals surface area contributed by atoms with E-state index in [1.54, 1.807) is 5.70 Å². The summed E-state index contributed by atoms with van der Waals surface area (Å²) < 4.78 is 0. The summed E-state index contributed by atoms with van der Waals surface area (Å²) in [5.74, 6) is 0.744. The quantitative estimate of drug-likeness (QED) is 0.574. The zero-order valence-electron chi connectivity index (χ0n) is 7.79. The summed E-state index contributed by atoms with van der Waals surface area (Å²) in [5.41, 5.74) is 1.56. The molecular weight excluding hydrogens is 146 g/mol. The van der Waals surface area contributed by atoms with Gasteiger partial charge in [0.25, 0.3) is 0 Å². The molecule has 1 aliphatic carbocycles. The van der Waals surface area contributed by atoms with Crippen molar-refractivity contribution in [1.29, 1.82) is 0 Å². The first-order valence-corrected chi connectivity index (χ1v) is 4.99. The van der Waals surface area contributed by atoms with E-state index in [-0.39, 0.29) is 0 Å². The first kappa shape index (κ1) is 7.90.